The zero-order valence-corrected chi connectivity index (χ0v) is 13.5. The van der Waals surface area contributed by atoms with Crippen LogP contribution in [-0.2, 0) is 4.79 Å². The Hall–Kier alpha value is -1.81. The summed E-state index contributed by atoms with van der Waals surface area (Å²) in [5, 5.41) is 2.91. The average Bonchev–Trinajstić information content (AvgIpc) is 2.40. The van der Waals surface area contributed by atoms with Crippen LogP contribution in [0.2, 0.25) is 0 Å². The highest BCUT2D eigenvalue weighted by molar-refractivity contribution is 5.91. The van der Waals surface area contributed by atoms with E-state index in [0.29, 0.717) is 24.3 Å². The van der Waals surface area contributed by atoms with Crippen LogP contribution in [0.4, 0.5) is 5.69 Å². The summed E-state index contributed by atoms with van der Waals surface area (Å²) in [6.07, 6.45) is 3.32. The molecule has 0 atom stereocenters. The Balaban J connectivity index is 2.40. The molecule has 1 rings (SSSR count). The number of nitrogens with one attached hydrogen (secondary N) is 1. The van der Waals surface area contributed by atoms with Gasteiger partial charge in [-0.2, -0.15) is 0 Å². The van der Waals surface area contributed by atoms with Gasteiger partial charge in [-0.25, -0.2) is 0 Å². The number of hydrogen-bond acceptors (Lipinski definition) is 3. The molecule has 4 nitrogen and oxygen atoms in total. The Morgan fingerprint density at radius 3 is 2.52 bits per heavy atom. The SMILES string of the molecule is CC(C)N(CCNC(=O)/C=C/c1cccc(N)c1)C(C)C. The molecule has 1 aromatic carbocycles. The number of benzene rings is 1. The number of hydrogen-bond donors (Lipinski definition) is 2. The lowest BCUT2D eigenvalue weighted by molar-refractivity contribution is -0.116. The molecule has 1 amide bonds. The van der Waals surface area contributed by atoms with Crippen molar-refractivity contribution in [3.8, 4) is 0 Å². The lowest BCUT2D eigenvalue weighted by Gasteiger charge is -2.30. The van der Waals surface area contributed by atoms with Crippen LogP contribution in [-0.4, -0.2) is 36.0 Å². The molecule has 0 radical (unpaired) electrons. The van der Waals surface area contributed by atoms with Crippen molar-refractivity contribution in [2.24, 2.45) is 0 Å². The Bertz CT molecular complexity index is 473. The first-order valence-corrected chi connectivity index (χ1v) is 7.47. The first-order valence-electron chi connectivity index (χ1n) is 7.47. The first kappa shape index (κ1) is 17.2. The molecule has 0 aliphatic carbocycles. The molecule has 0 heterocycles. The molecule has 116 valence electrons. The number of nitrogen functional groups attached to an aromatic ring is 1. The Kier molecular flexibility index (Phi) is 6.96. The molecule has 0 aliphatic rings. The highest BCUT2D eigenvalue weighted by Gasteiger charge is 2.12. The maximum atomic E-state index is 11.8. The summed E-state index contributed by atoms with van der Waals surface area (Å²) in [7, 11) is 0. The molecule has 0 bridgehead atoms. The number of amides is 1. The molecule has 0 unspecified atom stereocenters. The monoisotopic (exact) mass is 289 g/mol. The molecular weight excluding hydrogens is 262 g/mol. The lowest BCUT2D eigenvalue weighted by atomic mass is 10.2. The number of rotatable bonds is 7. The van der Waals surface area contributed by atoms with E-state index in [1.807, 2.05) is 24.3 Å². The zero-order chi connectivity index (χ0) is 15.8. The van der Waals surface area contributed by atoms with Crippen molar-refractivity contribution >= 4 is 17.7 Å². The summed E-state index contributed by atoms with van der Waals surface area (Å²) in [5.41, 5.74) is 7.32. The van der Waals surface area contributed by atoms with Crippen LogP contribution in [0.1, 0.15) is 33.3 Å². The molecule has 0 fully saturated rings. The zero-order valence-electron chi connectivity index (χ0n) is 13.5. The molecule has 3 N–H and O–H groups in total. The second-order valence-corrected chi connectivity index (χ2v) is 5.72. The van der Waals surface area contributed by atoms with E-state index in [1.165, 1.54) is 0 Å². The minimum Gasteiger partial charge on any atom is -0.399 e. The van der Waals surface area contributed by atoms with E-state index in [9.17, 15) is 4.79 Å². The van der Waals surface area contributed by atoms with E-state index >= 15 is 0 Å². The predicted octanol–water partition coefficient (Wildman–Crippen LogP) is 2.52. The fraction of sp³-hybridized carbons (Fsp3) is 0.471. The van der Waals surface area contributed by atoms with Gasteiger partial charge in [0.1, 0.15) is 0 Å². The van der Waals surface area contributed by atoms with Crippen LogP contribution >= 0.6 is 0 Å². The van der Waals surface area contributed by atoms with Crippen LogP contribution in [0.15, 0.2) is 30.3 Å². The topological polar surface area (TPSA) is 58.4 Å². The van der Waals surface area contributed by atoms with Crippen LogP contribution in [0, 0.1) is 0 Å². The van der Waals surface area contributed by atoms with Gasteiger partial charge < -0.3 is 11.1 Å². The minimum absolute atomic E-state index is 0.0788. The van der Waals surface area contributed by atoms with Crippen LogP contribution in [0.5, 0.6) is 0 Å². The highest BCUT2D eigenvalue weighted by atomic mass is 16.1. The van der Waals surface area contributed by atoms with Crippen LogP contribution in [0.3, 0.4) is 0 Å². The lowest BCUT2D eigenvalue weighted by Crippen LogP contribution is -2.42. The number of carbonyl (C=O) groups excluding carboxylic acids is 1. The quantitative estimate of drug-likeness (QED) is 0.599. The largest absolute Gasteiger partial charge is 0.399 e. The Morgan fingerprint density at radius 1 is 1.29 bits per heavy atom. The predicted molar refractivity (Wildman–Crippen MR) is 89.9 cm³/mol. The van der Waals surface area contributed by atoms with E-state index in [1.54, 1.807) is 12.2 Å². The van der Waals surface area contributed by atoms with Gasteiger partial charge in [0.2, 0.25) is 5.91 Å². The van der Waals surface area contributed by atoms with Crippen LogP contribution < -0.4 is 11.1 Å². The van der Waals surface area contributed by atoms with Crippen LogP contribution in [0.25, 0.3) is 6.08 Å². The first-order chi connectivity index (χ1) is 9.90. The van der Waals surface area contributed by atoms with Crippen molar-refractivity contribution in [3.63, 3.8) is 0 Å². The van der Waals surface area contributed by atoms with Gasteiger partial charge in [-0.1, -0.05) is 12.1 Å². The van der Waals surface area contributed by atoms with E-state index in [4.69, 9.17) is 5.73 Å². The number of anilines is 1. The van der Waals surface area contributed by atoms with Crippen molar-refractivity contribution < 1.29 is 4.79 Å². The third-order valence-corrected chi connectivity index (χ3v) is 3.33. The Morgan fingerprint density at radius 2 is 1.95 bits per heavy atom. The summed E-state index contributed by atoms with van der Waals surface area (Å²) in [5.74, 6) is -0.0788. The highest BCUT2D eigenvalue weighted by Crippen LogP contribution is 2.08. The van der Waals surface area contributed by atoms with Crippen molar-refractivity contribution in [1.29, 1.82) is 0 Å². The maximum absolute atomic E-state index is 11.8. The van der Waals surface area contributed by atoms with Gasteiger partial charge in [0.05, 0.1) is 0 Å². The van der Waals surface area contributed by atoms with Gasteiger partial charge in [-0.15, -0.1) is 0 Å². The van der Waals surface area contributed by atoms with E-state index in [-0.39, 0.29) is 5.91 Å². The fourth-order valence-corrected chi connectivity index (χ4v) is 2.31. The summed E-state index contributed by atoms with van der Waals surface area (Å²) in [4.78, 5) is 14.1. The number of nitrogens with zero attached hydrogens (tertiary/aromatic N) is 1. The maximum Gasteiger partial charge on any atom is 0.244 e. The molecule has 0 aromatic heterocycles. The molecule has 4 heteroatoms. The van der Waals surface area contributed by atoms with E-state index in [2.05, 4.69) is 37.9 Å². The summed E-state index contributed by atoms with van der Waals surface area (Å²) >= 11 is 0. The number of carbonyl (C=O) groups is 1. The standard InChI is InChI=1S/C17H27N3O/c1-13(2)20(14(3)4)11-10-19-17(21)9-8-15-6-5-7-16(18)12-15/h5-9,12-14H,10-11,18H2,1-4H3,(H,19,21)/b9-8+. The molecular formula is C17H27N3O. The summed E-state index contributed by atoms with van der Waals surface area (Å²) in [6, 6.07) is 8.40. The molecule has 0 saturated carbocycles. The van der Waals surface area contributed by atoms with Gasteiger partial charge in [0, 0.05) is 36.9 Å². The molecule has 1 aromatic rings. The minimum atomic E-state index is -0.0788. The normalized spacial score (nSPS) is 11.8. The van der Waals surface area contributed by atoms with Gasteiger partial charge in [0.25, 0.3) is 0 Å². The third kappa shape index (κ3) is 6.45. The van der Waals surface area contributed by atoms with E-state index < -0.39 is 0 Å². The smallest absolute Gasteiger partial charge is 0.244 e. The summed E-state index contributed by atoms with van der Waals surface area (Å²) < 4.78 is 0. The van der Waals surface area contributed by atoms with Gasteiger partial charge in [0.15, 0.2) is 0 Å². The van der Waals surface area contributed by atoms with Gasteiger partial charge >= 0.3 is 0 Å². The fourth-order valence-electron chi connectivity index (χ4n) is 2.31. The second-order valence-electron chi connectivity index (χ2n) is 5.72. The van der Waals surface area contributed by atoms with Crippen molar-refractivity contribution in [1.82, 2.24) is 10.2 Å². The molecule has 0 aliphatic heterocycles. The van der Waals surface area contributed by atoms with Crippen molar-refractivity contribution in [2.45, 2.75) is 39.8 Å². The van der Waals surface area contributed by atoms with Gasteiger partial charge in [-0.05, 0) is 51.5 Å². The number of nitrogens with two attached hydrogens (primary N) is 1. The third-order valence-electron chi connectivity index (χ3n) is 3.33. The second kappa shape index (κ2) is 8.47. The average molecular weight is 289 g/mol. The van der Waals surface area contributed by atoms with Crippen molar-refractivity contribution in [3.05, 3.63) is 35.9 Å². The van der Waals surface area contributed by atoms with Gasteiger partial charge in [-0.3, -0.25) is 9.69 Å². The molecule has 0 saturated heterocycles. The molecule has 0 spiro atoms. The Labute approximate surface area is 128 Å². The molecule has 21 heavy (non-hydrogen) atoms. The summed E-state index contributed by atoms with van der Waals surface area (Å²) in [6.45, 7) is 10.2. The van der Waals surface area contributed by atoms with E-state index in [0.717, 1.165) is 12.1 Å². The van der Waals surface area contributed by atoms with Crippen molar-refractivity contribution in [2.75, 3.05) is 18.8 Å².